The monoisotopic (exact) mass is 489 g/mol. The summed E-state index contributed by atoms with van der Waals surface area (Å²) in [6, 6.07) is 20.3. The molecule has 2 heterocycles. The number of ketones is 1. The van der Waals surface area contributed by atoms with Gasteiger partial charge in [0.05, 0.1) is 0 Å². The smallest absolute Gasteiger partial charge is 0.246 e. The minimum absolute atomic E-state index is 0.0404. The maximum absolute atomic E-state index is 13.4. The molecule has 2 amide bonds. The molecule has 2 N–H and O–H groups in total. The lowest BCUT2D eigenvalue weighted by atomic mass is 9.93. The van der Waals surface area contributed by atoms with Gasteiger partial charge in [0.15, 0.2) is 5.78 Å². The molecule has 0 bridgehead atoms. The zero-order chi connectivity index (χ0) is 24.6. The van der Waals surface area contributed by atoms with Crippen LogP contribution in [0.15, 0.2) is 72.1 Å². The van der Waals surface area contributed by atoms with E-state index in [0.717, 1.165) is 12.0 Å². The summed E-state index contributed by atoms with van der Waals surface area (Å²) in [7, 11) is 0. The number of nitrogens with zero attached hydrogens (tertiary/aromatic N) is 1. The van der Waals surface area contributed by atoms with Crippen LogP contribution in [0.3, 0.4) is 0 Å². The third-order valence-electron chi connectivity index (χ3n) is 6.42. The number of piperidine rings is 1. The predicted molar refractivity (Wildman–Crippen MR) is 140 cm³/mol. The normalized spacial score (nSPS) is 15.3. The predicted octanol–water partition coefficient (Wildman–Crippen LogP) is 4.70. The summed E-state index contributed by atoms with van der Waals surface area (Å²) >= 11 is 1.70. The molecule has 0 radical (unpaired) electrons. The molecular formula is C28H31N3O3S. The lowest BCUT2D eigenvalue weighted by molar-refractivity contribution is -0.127. The van der Waals surface area contributed by atoms with Crippen LogP contribution in [0, 0.1) is 5.92 Å². The minimum Gasteiger partial charge on any atom is -0.355 e. The molecule has 1 fully saturated rings. The van der Waals surface area contributed by atoms with Crippen LogP contribution >= 0.6 is 11.3 Å². The second kappa shape index (κ2) is 11.9. The van der Waals surface area contributed by atoms with Gasteiger partial charge in [-0.15, -0.1) is 11.3 Å². The van der Waals surface area contributed by atoms with Crippen molar-refractivity contribution in [1.29, 1.82) is 0 Å². The number of hydrogen-bond acceptors (Lipinski definition) is 5. The Labute approximate surface area is 210 Å². The first-order valence-electron chi connectivity index (χ1n) is 12.0. The van der Waals surface area contributed by atoms with Crippen LogP contribution in [-0.2, 0) is 16.0 Å². The topological polar surface area (TPSA) is 78.5 Å². The number of Topliss-reactive ketones (excluding diaryl/α,β-unsaturated/α-hetero) is 1. The number of benzene rings is 2. The van der Waals surface area contributed by atoms with Crippen molar-refractivity contribution in [3.63, 3.8) is 0 Å². The fourth-order valence-electron chi connectivity index (χ4n) is 4.52. The molecule has 35 heavy (non-hydrogen) atoms. The van der Waals surface area contributed by atoms with Crippen LogP contribution in [0.25, 0.3) is 0 Å². The van der Waals surface area contributed by atoms with Crippen molar-refractivity contribution < 1.29 is 14.4 Å². The van der Waals surface area contributed by atoms with Gasteiger partial charge in [-0.25, -0.2) is 0 Å². The molecule has 6 nitrogen and oxygen atoms in total. The molecule has 0 spiro atoms. The van der Waals surface area contributed by atoms with Crippen LogP contribution in [0.1, 0.15) is 46.6 Å². The van der Waals surface area contributed by atoms with E-state index in [1.807, 2.05) is 41.8 Å². The average Bonchev–Trinajstić information content (AvgIpc) is 3.39. The molecule has 1 atom stereocenters. The van der Waals surface area contributed by atoms with Gasteiger partial charge in [0, 0.05) is 28.6 Å². The van der Waals surface area contributed by atoms with Crippen LogP contribution in [0.4, 0.5) is 5.69 Å². The number of anilines is 1. The second-order valence-electron chi connectivity index (χ2n) is 8.87. The van der Waals surface area contributed by atoms with Gasteiger partial charge in [0.25, 0.3) is 0 Å². The standard InChI is InChI=1S/C28H31N3O3S/c1-20(32)23-9-5-10-24(19-23)30-28(34)26(21-7-3-2-4-8-21)31-16-13-22(14-17-31)27(33)29-15-12-25-11-6-18-35-25/h2-11,18-19,22,26H,12-17H2,1H3,(H,29,33)(H,30,34). The van der Waals surface area contributed by atoms with Gasteiger partial charge in [-0.3, -0.25) is 19.3 Å². The van der Waals surface area contributed by atoms with E-state index in [0.29, 0.717) is 43.7 Å². The zero-order valence-electron chi connectivity index (χ0n) is 19.9. The van der Waals surface area contributed by atoms with Gasteiger partial charge in [-0.05, 0) is 68.4 Å². The largest absolute Gasteiger partial charge is 0.355 e. The summed E-state index contributed by atoms with van der Waals surface area (Å²) < 4.78 is 0. The summed E-state index contributed by atoms with van der Waals surface area (Å²) in [6.07, 6.45) is 2.27. The van der Waals surface area contributed by atoms with Crippen LogP contribution in [0.2, 0.25) is 0 Å². The molecule has 3 aromatic rings. The highest BCUT2D eigenvalue weighted by molar-refractivity contribution is 7.09. The fourth-order valence-corrected chi connectivity index (χ4v) is 5.23. The SMILES string of the molecule is CC(=O)c1cccc(NC(=O)C(c2ccccc2)N2CCC(C(=O)NCCc3cccs3)CC2)c1. The second-order valence-corrected chi connectivity index (χ2v) is 9.90. The van der Waals surface area contributed by atoms with Crippen LogP contribution < -0.4 is 10.6 Å². The van der Waals surface area contributed by atoms with Crippen LogP contribution in [-0.4, -0.2) is 42.1 Å². The lowest BCUT2D eigenvalue weighted by Gasteiger charge is -2.36. The number of hydrogen-bond donors (Lipinski definition) is 2. The highest BCUT2D eigenvalue weighted by atomic mass is 32.1. The Hall–Kier alpha value is -3.29. The van der Waals surface area contributed by atoms with E-state index in [4.69, 9.17) is 0 Å². The molecule has 1 saturated heterocycles. The van der Waals surface area contributed by atoms with E-state index in [9.17, 15) is 14.4 Å². The highest BCUT2D eigenvalue weighted by Gasteiger charge is 2.33. The van der Waals surface area contributed by atoms with Crippen molar-refractivity contribution >= 4 is 34.6 Å². The first kappa shape index (κ1) is 24.8. The molecule has 1 aromatic heterocycles. The third kappa shape index (κ3) is 6.65. The summed E-state index contributed by atoms with van der Waals surface area (Å²) in [6.45, 7) is 3.47. The van der Waals surface area contributed by atoms with Gasteiger partial charge in [0.1, 0.15) is 6.04 Å². The van der Waals surface area contributed by atoms with Crippen molar-refractivity contribution in [2.75, 3.05) is 25.0 Å². The Morgan fingerprint density at radius 3 is 2.46 bits per heavy atom. The molecule has 0 saturated carbocycles. The Morgan fingerprint density at radius 2 is 1.77 bits per heavy atom. The van der Waals surface area contributed by atoms with Crippen molar-refractivity contribution in [3.8, 4) is 0 Å². The van der Waals surface area contributed by atoms with E-state index >= 15 is 0 Å². The summed E-state index contributed by atoms with van der Waals surface area (Å²) in [5, 5.41) is 8.12. The Balaban J connectivity index is 1.39. The quantitative estimate of drug-likeness (QED) is 0.427. The number of rotatable bonds is 9. The van der Waals surface area contributed by atoms with Crippen molar-refractivity contribution in [1.82, 2.24) is 10.2 Å². The van der Waals surface area contributed by atoms with E-state index in [-0.39, 0.29) is 23.5 Å². The van der Waals surface area contributed by atoms with Crippen molar-refractivity contribution in [2.24, 2.45) is 5.92 Å². The third-order valence-corrected chi connectivity index (χ3v) is 7.35. The lowest BCUT2D eigenvalue weighted by Crippen LogP contribution is -2.45. The summed E-state index contributed by atoms with van der Waals surface area (Å²) in [5.74, 6) is -0.128. The van der Waals surface area contributed by atoms with E-state index < -0.39 is 6.04 Å². The number of amides is 2. The molecule has 2 aromatic carbocycles. The van der Waals surface area contributed by atoms with Gasteiger partial charge >= 0.3 is 0 Å². The Bertz CT molecular complexity index is 1140. The van der Waals surface area contributed by atoms with Crippen molar-refractivity contribution in [3.05, 3.63) is 88.1 Å². The molecule has 1 aliphatic heterocycles. The number of nitrogens with one attached hydrogen (secondary N) is 2. The van der Waals surface area contributed by atoms with Gasteiger partial charge in [-0.1, -0.05) is 48.5 Å². The average molecular weight is 490 g/mol. The molecule has 182 valence electrons. The Morgan fingerprint density at radius 1 is 1.00 bits per heavy atom. The number of carbonyl (C=O) groups excluding carboxylic acids is 3. The van der Waals surface area contributed by atoms with Crippen molar-refractivity contribution in [2.45, 2.75) is 32.2 Å². The molecule has 7 heteroatoms. The number of thiophene rings is 1. The molecule has 4 rings (SSSR count). The summed E-state index contributed by atoms with van der Waals surface area (Å²) in [5.41, 5.74) is 2.07. The van der Waals surface area contributed by atoms with E-state index in [1.165, 1.54) is 11.8 Å². The Kier molecular flexibility index (Phi) is 8.45. The molecular weight excluding hydrogens is 458 g/mol. The fraction of sp³-hybridized carbons (Fsp3) is 0.321. The maximum atomic E-state index is 13.4. The van der Waals surface area contributed by atoms with E-state index in [2.05, 4.69) is 21.6 Å². The zero-order valence-corrected chi connectivity index (χ0v) is 20.7. The summed E-state index contributed by atoms with van der Waals surface area (Å²) in [4.78, 5) is 41.3. The number of carbonyl (C=O) groups is 3. The molecule has 0 aliphatic carbocycles. The number of likely N-dealkylation sites (tertiary alicyclic amines) is 1. The van der Waals surface area contributed by atoms with E-state index in [1.54, 1.807) is 35.6 Å². The first-order valence-corrected chi connectivity index (χ1v) is 12.9. The first-order chi connectivity index (χ1) is 17.0. The van der Waals surface area contributed by atoms with Gasteiger partial charge in [0.2, 0.25) is 11.8 Å². The molecule has 1 unspecified atom stereocenters. The van der Waals surface area contributed by atoms with Gasteiger partial charge in [-0.2, -0.15) is 0 Å². The minimum atomic E-state index is -0.472. The molecule has 1 aliphatic rings. The highest BCUT2D eigenvalue weighted by Crippen LogP contribution is 2.28. The van der Waals surface area contributed by atoms with Gasteiger partial charge < -0.3 is 10.6 Å². The van der Waals surface area contributed by atoms with Crippen LogP contribution in [0.5, 0.6) is 0 Å². The maximum Gasteiger partial charge on any atom is 0.246 e.